The molecule has 2 heterocycles. The van der Waals surface area contributed by atoms with Crippen molar-refractivity contribution in [1.29, 1.82) is 0 Å². The molecule has 2 aliphatic heterocycles. The monoisotopic (exact) mass is 642 g/mol. The minimum atomic E-state index is -0.606. The Kier molecular flexibility index (Phi) is 11.5. The fourth-order valence-corrected chi connectivity index (χ4v) is 6.03. The Hall–Kier alpha value is -4.02. The van der Waals surface area contributed by atoms with E-state index in [4.69, 9.17) is 18.9 Å². The average molecular weight is 643 g/mol. The van der Waals surface area contributed by atoms with Gasteiger partial charge in [0.25, 0.3) is 0 Å². The number of esters is 1. The molecule has 0 radical (unpaired) electrons. The van der Waals surface area contributed by atoms with Crippen LogP contribution in [0.25, 0.3) is 11.1 Å². The molecule has 9 nitrogen and oxygen atoms in total. The molecule has 2 fully saturated rings. The number of amides is 1. The molecule has 0 unspecified atom stereocenters. The lowest BCUT2D eigenvalue weighted by Crippen LogP contribution is -2.45. The maximum Gasteiger partial charge on any atom is 0.407 e. The molecule has 0 aliphatic carbocycles. The second-order valence-corrected chi connectivity index (χ2v) is 13.1. The third-order valence-electron chi connectivity index (χ3n) is 8.31. The molecule has 0 spiro atoms. The summed E-state index contributed by atoms with van der Waals surface area (Å²) in [5, 5.41) is 12.3. The summed E-state index contributed by atoms with van der Waals surface area (Å²) in [6.45, 7) is 11.1. The van der Waals surface area contributed by atoms with Crippen molar-refractivity contribution in [3.8, 4) is 11.1 Å². The van der Waals surface area contributed by atoms with E-state index in [0.29, 0.717) is 19.5 Å². The van der Waals surface area contributed by atoms with Gasteiger partial charge in [-0.05, 0) is 74.0 Å². The molecule has 0 bridgehead atoms. The Morgan fingerprint density at radius 1 is 1.00 bits per heavy atom. The lowest BCUT2D eigenvalue weighted by molar-refractivity contribution is -0.253. The molecular weight excluding hydrogens is 596 g/mol. The molecule has 47 heavy (non-hydrogen) atoms. The number of ether oxygens (including phenoxy) is 4. The van der Waals surface area contributed by atoms with E-state index in [2.05, 4.69) is 16.8 Å². The van der Waals surface area contributed by atoms with Gasteiger partial charge in [-0.2, -0.15) is 0 Å². The van der Waals surface area contributed by atoms with Gasteiger partial charge in [-0.3, -0.25) is 9.69 Å². The molecule has 2 N–H and O–H groups in total. The molecule has 3 aromatic carbocycles. The van der Waals surface area contributed by atoms with Crippen LogP contribution in [0.1, 0.15) is 74.7 Å². The number of likely N-dealkylation sites (tertiary alicyclic amines) is 1. The summed E-state index contributed by atoms with van der Waals surface area (Å²) in [4.78, 5) is 27.1. The van der Waals surface area contributed by atoms with Crippen LogP contribution in [-0.2, 0) is 36.9 Å². The van der Waals surface area contributed by atoms with E-state index in [1.54, 1.807) is 0 Å². The maximum absolute atomic E-state index is 13.0. The maximum atomic E-state index is 13.0. The van der Waals surface area contributed by atoms with Gasteiger partial charge in [0, 0.05) is 25.1 Å². The van der Waals surface area contributed by atoms with Crippen molar-refractivity contribution in [2.24, 2.45) is 0 Å². The van der Waals surface area contributed by atoms with Gasteiger partial charge in [0.1, 0.15) is 18.2 Å². The fraction of sp³-hybridized carbons (Fsp3) is 0.421. The first-order chi connectivity index (χ1) is 22.6. The predicted octanol–water partition coefficient (Wildman–Crippen LogP) is 6.61. The van der Waals surface area contributed by atoms with Gasteiger partial charge < -0.3 is 29.4 Å². The molecule has 3 aromatic rings. The zero-order valence-electron chi connectivity index (χ0n) is 27.5. The Morgan fingerprint density at radius 2 is 1.74 bits per heavy atom. The van der Waals surface area contributed by atoms with Gasteiger partial charge in [-0.1, -0.05) is 79.4 Å². The lowest BCUT2D eigenvalue weighted by Gasteiger charge is -2.38. The van der Waals surface area contributed by atoms with Gasteiger partial charge in [-0.15, -0.1) is 0 Å². The van der Waals surface area contributed by atoms with Crippen LogP contribution in [0, 0.1) is 0 Å². The van der Waals surface area contributed by atoms with Gasteiger partial charge in [0.05, 0.1) is 18.8 Å². The number of hydrogen-bond donors (Lipinski definition) is 2. The Balaban J connectivity index is 1.31. The zero-order chi connectivity index (χ0) is 33.4. The van der Waals surface area contributed by atoms with Gasteiger partial charge in [0.15, 0.2) is 6.29 Å². The summed E-state index contributed by atoms with van der Waals surface area (Å²) in [7, 11) is 0. The van der Waals surface area contributed by atoms with Gasteiger partial charge in [0.2, 0.25) is 0 Å². The van der Waals surface area contributed by atoms with Crippen molar-refractivity contribution in [3.05, 3.63) is 108 Å². The number of rotatable bonds is 11. The van der Waals surface area contributed by atoms with E-state index >= 15 is 0 Å². The third kappa shape index (κ3) is 9.51. The highest BCUT2D eigenvalue weighted by molar-refractivity contribution is 5.76. The largest absolute Gasteiger partial charge is 0.459 e. The normalized spacial score (nSPS) is 21.6. The summed E-state index contributed by atoms with van der Waals surface area (Å²) >= 11 is 0. The number of carbonyl (C=O) groups excluding carboxylic acids is 2. The molecule has 250 valence electrons. The molecular formula is C38H46N2O7. The van der Waals surface area contributed by atoms with Crippen LogP contribution in [-0.4, -0.2) is 59.5 Å². The predicted molar refractivity (Wildman–Crippen MR) is 179 cm³/mol. The van der Waals surface area contributed by atoms with Crippen LogP contribution in [0.4, 0.5) is 4.79 Å². The lowest BCUT2D eigenvalue weighted by atomic mass is 9.98. The number of hydrogen-bond acceptors (Lipinski definition) is 8. The molecule has 2 saturated heterocycles. The van der Waals surface area contributed by atoms with Crippen LogP contribution < -0.4 is 5.32 Å². The summed E-state index contributed by atoms with van der Waals surface area (Å²) < 4.78 is 23.9. The molecule has 4 atom stereocenters. The van der Waals surface area contributed by atoms with Crippen molar-refractivity contribution in [1.82, 2.24) is 10.2 Å². The van der Waals surface area contributed by atoms with E-state index in [9.17, 15) is 14.7 Å². The number of alkyl carbamates (subject to hydrolysis) is 1. The molecule has 9 heteroatoms. The summed E-state index contributed by atoms with van der Waals surface area (Å²) in [5.74, 6) is -0.183. The third-order valence-corrected chi connectivity index (χ3v) is 8.31. The number of benzene rings is 3. The van der Waals surface area contributed by atoms with Crippen molar-refractivity contribution < 1.29 is 33.6 Å². The first kappa shape index (κ1) is 34.3. The number of carbonyl (C=O) groups is 2. The highest BCUT2D eigenvalue weighted by Gasteiger charge is 2.38. The zero-order valence-corrected chi connectivity index (χ0v) is 27.5. The second kappa shape index (κ2) is 15.7. The smallest absolute Gasteiger partial charge is 0.407 e. The summed E-state index contributed by atoms with van der Waals surface area (Å²) in [6, 6.07) is 23.6. The summed E-state index contributed by atoms with van der Waals surface area (Å²) in [5.41, 5.74) is 5.19. The van der Waals surface area contributed by atoms with E-state index in [0.717, 1.165) is 52.8 Å². The van der Waals surface area contributed by atoms with Crippen LogP contribution >= 0.6 is 0 Å². The van der Waals surface area contributed by atoms with Crippen LogP contribution in [0.15, 0.2) is 85.5 Å². The van der Waals surface area contributed by atoms with E-state index in [-0.39, 0.29) is 37.4 Å². The standard InChI is InChI=1S/C38H46N2O7/c1-5-20-44-37(43)39-23-27-8-6-9-31(21-27)28-15-17-30(18-16-28)36-45-32(22-34(46-36)29-13-11-26(25-41)12-14-29)24-40-19-7-10-33(40)35(42)47-38(2,3)4/h5-6,8-9,11-18,21,32-34,36,41H,1,7,10,19-20,22-25H2,2-4H3,(H,39,43)/t32-,33+,34+,36+/m1/s1. The van der Waals surface area contributed by atoms with E-state index < -0.39 is 18.0 Å². The number of aliphatic hydroxyl groups excluding tert-OH is 1. The Bertz CT molecular complexity index is 1500. The minimum Gasteiger partial charge on any atom is -0.459 e. The minimum absolute atomic E-state index is 0.0186. The van der Waals surface area contributed by atoms with Crippen molar-refractivity contribution in [2.75, 3.05) is 19.7 Å². The van der Waals surface area contributed by atoms with Crippen LogP contribution in [0.5, 0.6) is 0 Å². The summed E-state index contributed by atoms with van der Waals surface area (Å²) in [6.07, 6.45) is 2.36. The Labute approximate surface area is 277 Å². The molecule has 1 amide bonds. The fourth-order valence-electron chi connectivity index (χ4n) is 6.03. The SMILES string of the molecule is C=CCOC(=O)NCc1cccc(-c2ccc([C@H]3O[C@@H](CN4CCC[C@H]4C(=O)OC(C)(C)C)C[C@@H](c4ccc(CO)cc4)O3)cc2)c1. The number of nitrogens with one attached hydrogen (secondary N) is 1. The first-order valence-electron chi connectivity index (χ1n) is 16.3. The second-order valence-electron chi connectivity index (χ2n) is 13.1. The van der Waals surface area contributed by atoms with Gasteiger partial charge in [-0.25, -0.2) is 4.79 Å². The topological polar surface area (TPSA) is 107 Å². The van der Waals surface area contributed by atoms with E-state index in [1.165, 1.54) is 6.08 Å². The highest BCUT2D eigenvalue weighted by atomic mass is 16.7. The molecule has 0 saturated carbocycles. The van der Waals surface area contributed by atoms with Gasteiger partial charge >= 0.3 is 12.1 Å². The molecule has 5 rings (SSSR count). The first-order valence-corrected chi connectivity index (χ1v) is 16.3. The molecule has 0 aromatic heterocycles. The van der Waals surface area contributed by atoms with Crippen LogP contribution in [0.3, 0.4) is 0 Å². The quantitative estimate of drug-likeness (QED) is 0.178. The number of aliphatic hydroxyl groups is 1. The van der Waals surface area contributed by atoms with Crippen molar-refractivity contribution >= 4 is 12.1 Å². The highest BCUT2D eigenvalue weighted by Crippen LogP contribution is 2.39. The number of nitrogens with zero attached hydrogens (tertiary/aromatic N) is 1. The molecule has 2 aliphatic rings. The van der Waals surface area contributed by atoms with E-state index in [1.807, 2.05) is 93.6 Å². The van der Waals surface area contributed by atoms with Crippen molar-refractivity contribution in [2.45, 2.75) is 83.3 Å². The van der Waals surface area contributed by atoms with Crippen LogP contribution in [0.2, 0.25) is 0 Å². The Morgan fingerprint density at radius 3 is 2.45 bits per heavy atom. The van der Waals surface area contributed by atoms with Crippen molar-refractivity contribution in [3.63, 3.8) is 0 Å². The average Bonchev–Trinajstić information content (AvgIpc) is 3.54.